The van der Waals surface area contributed by atoms with Crippen LogP contribution in [0.2, 0.25) is 0 Å². The lowest BCUT2D eigenvalue weighted by molar-refractivity contribution is -0.571. The molecule has 454 valence electrons. The van der Waals surface area contributed by atoms with Gasteiger partial charge in [0.05, 0.1) is 50.2 Å². The summed E-state index contributed by atoms with van der Waals surface area (Å²) in [5, 5.41) is 4.74. The number of nitrogens with zero attached hydrogens (tertiary/aromatic N) is 5. The third-order valence-corrected chi connectivity index (χ3v) is 20.4. The molecule has 92 heavy (non-hydrogen) atoms. The van der Waals surface area contributed by atoms with Crippen LogP contribution in [0.4, 0.5) is 0 Å². The zero-order valence-corrected chi connectivity index (χ0v) is 55.3. The highest BCUT2D eigenvalue weighted by molar-refractivity contribution is 6.11. The van der Waals surface area contributed by atoms with Gasteiger partial charge in [-0.1, -0.05) is 217 Å². The number of pyridine rings is 1. The minimum atomic E-state index is -0.227. The molecule has 0 bridgehead atoms. The molecule has 1 aliphatic carbocycles. The van der Waals surface area contributed by atoms with Gasteiger partial charge in [-0.3, -0.25) is 13.7 Å². The summed E-state index contributed by atoms with van der Waals surface area (Å²) in [6, 6.07) is 79.5. The van der Waals surface area contributed by atoms with Crippen molar-refractivity contribution < 1.29 is 9.30 Å². The number of ether oxygens (including phenoxy) is 1. The van der Waals surface area contributed by atoms with Gasteiger partial charge < -0.3 is 9.30 Å². The number of benzene rings is 10. The first-order valence-corrected chi connectivity index (χ1v) is 32.9. The predicted molar refractivity (Wildman–Crippen MR) is 383 cm³/mol. The van der Waals surface area contributed by atoms with E-state index in [9.17, 15) is 0 Å². The molecule has 0 spiro atoms. The van der Waals surface area contributed by atoms with E-state index in [2.05, 4.69) is 327 Å². The Labute approximate surface area is 541 Å². The number of hydrogen-bond donors (Lipinski definition) is 0. The van der Waals surface area contributed by atoms with Crippen molar-refractivity contribution in [2.45, 2.75) is 130 Å². The van der Waals surface area contributed by atoms with Gasteiger partial charge in [0.2, 0.25) is 0 Å². The number of rotatable bonds is 6. The second kappa shape index (κ2) is 20.4. The van der Waals surface area contributed by atoms with Crippen LogP contribution in [0.25, 0.3) is 122 Å². The van der Waals surface area contributed by atoms with E-state index in [1.54, 1.807) is 0 Å². The molecule has 5 heterocycles. The summed E-state index contributed by atoms with van der Waals surface area (Å²) in [5.41, 5.74) is 25.3. The fraction of sp³-hybridized carbons (Fsp3) is 0.233. The van der Waals surface area contributed by atoms with E-state index in [-0.39, 0.29) is 27.1 Å². The third kappa shape index (κ3) is 9.18. The van der Waals surface area contributed by atoms with Crippen LogP contribution in [-0.2, 0) is 27.1 Å². The molecule has 0 radical (unpaired) electrons. The molecule has 10 aromatic carbocycles. The summed E-state index contributed by atoms with van der Waals surface area (Å²) in [4.78, 5) is 4.99. The second-order valence-corrected chi connectivity index (χ2v) is 30.5. The first-order valence-electron chi connectivity index (χ1n) is 32.9. The molecule has 0 amide bonds. The molecule has 14 aromatic rings. The largest absolute Gasteiger partial charge is 0.458 e. The topological polar surface area (TPSA) is 40.8 Å². The summed E-state index contributed by atoms with van der Waals surface area (Å²) < 4.78 is 16.7. The molecule has 6 nitrogen and oxygen atoms in total. The Kier molecular flexibility index (Phi) is 12.7. The maximum atomic E-state index is 7.13. The van der Waals surface area contributed by atoms with Crippen LogP contribution in [0.5, 0.6) is 11.5 Å². The molecular formula is C86H79N5O. The van der Waals surface area contributed by atoms with Crippen molar-refractivity contribution in [1.82, 2.24) is 18.7 Å². The van der Waals surface area contributed by atoms with E-state index in [0.717, 1.165) is 96.6 Å². The second-order valence-electron chi connectivity index (χ2n) is 30.5. The maximum Gasteiger partial charge on any atom is 0.269 e. The van der Waals surface area contributed by atoms with Gasteiger partial charge in [-0.2, -0.15) is 0 Å². The summed E-state index contributed by atoms with van der Waals surface area (Å²) in [6.07, 6.45) is 8.40. The van der Waals surface area contributed by atoms with Crippen molar-refractivity contribution in [2.24, 2.45) is 0 Å². The molecule has 0 atom stereocenters. The molecule has 6 heteroatoms. The van der Waals surface area contributed by atoms with Crippen LogP contribution >= 0.6 is 0 Å². The number of imidazole rings is 1. The van der Waals surface area contributed by atoms with Crippen molar-refractivity contribution in [1.29, 1.82) is 0 Å². The fourth-order valence-electron chi connectivity index (χ4n) is 15.1. The number of fused-ring (bicyclic) bond motifs is 14. The molecule has 0 unspecified atom stereocenters. The number of aromatic nitrogens is 5. The molecular weight excluding hydrogens is 1120 g/mol. The van der Waals surface area contributed by atoms with Gasteiger partial charge in [0, 0.05) is 33.8 Å². The van der Waals surface area contributed by atoms with E-state index in [1.165, 1.54) is 71.8 Å². The zero-order chi connectivity index (χ0) is 63.5. The molecule has 4 aromatic heterocycles. The third-order valence-electron chi connectivity index (χ3n) is 20.4. The smallest absolute Gasteiger partial charge is 0.269 e. The van der Waals surface area contributed by atoms with Crippen LogP contribution < -0.4 is 9.30 Å². The van der Waals surface area contributed by atoms with Crippen molar-refractivity contribution in [3.05, 3.63) is 253 Å². The van der Waals surface area contributed by atoms with E-state index >= 15 is 0 Å². The van der Waals surface area contributed by atoms with Gasteiger partial charge in [0.1, 0.15) is 17.3 Å². The van der Waals surface area contributed by atoms with Crippen LogP contribution in [-0.4, -0.2) is 18.7 Å². The Balaban J connectivity index is 1.00. The van der Waals surface area contributed by atoms with E-state index in [4.69, 9.17) is 9.72 Å². The summed E-state index contributed by atoms with van der Waals surface area (Å²) in [5.74, 6) is 2.33. The first-order chi connectivity index (χ1) is 44.0. The highest BCUT2D eigenvalue weighted by Crippen LogP contribution is 2.54. The molecule has 0 fully saturated rings. The molecule has 0 saturated carbocycles. The van der Waals surface area contributed by atoms with Gasteiger partial charge in [-0.25, -0.2) is 4.98 Å². The standard InChI is InChI=1S/C86H79N5O/c1-82(2,3)55-35-33-53(34-36-55)54-43-69-62-26-15-14-25-61(62)67-50-71-72(86(12,13)41-40-85(71,10)11)51-68(67)70-45-57(84(7,8)9)46-78(90-73-30-19-16-27-63(73)64-28-17-20-31-74(64)90)81(70)89-52-88(77(44-54)80(69)89)58-23-22-24-59(48-58)92-60-37-38-66-65-29-18-21-32-75(65)91(76(66)49-60)79-47-56(39-42-87-79)83(4,5)6/h14-39,42-51H,40-41H2,1-13H3. The highest BCUT2D eigenvalue weighted by Gasteiger charge is 2.40. The van der Waals surface area contributed by atoms with E-state index < -0.39 is 0 Å². The van der Waals surface area contributed by atoms with Crippen LogP contribution in [0.15, 0.2) is 219 Å². The molecule has 1 aliphatic heterocycles. The Bertz CT molecular complexity index is 5310. The fourth-order valence-corrected chi connectivity index (χ4v) is 15.1. The average molecular weight is 1200 g/mol. The lowest BCUT2D eigenvalue weighted by Gasteiger charge is -2.42. The quantitative estimate of drug-likeness (QED) is 0.123. The zero-order valence-electron chi connectivity index (χ0n) is 55.3. The van der Waals surface area contributed by atoms with Crippen LogP contribution in [0, 0.1) is 6.33 Å². The lowest BCUT2D eigenvalue weighted by atomic mass is 9.62. The Morgan fingerprint density at radius 3 is 1.59 bits per heavy atom. The van der Waals surface area contributed by atoms with Crippen molar-refractivity contribution in [2.75, 3.05) is 0 Å². The lowest BCUT2D eigenvalue weighted by Crippen LogP contribution is -2.34. The highest BCUT2D eigenvalue weighted by atomic mass is 16.5. The predicted octanol–water partition coefficient (Wildman–Crippen LogP) is 22.3. The minimum Gasteiger partial charge on any atom is -0.458 e. The summed E-state index contributed by atoms with van der Waals surface area (Å²) in [6.45, 7) is 30.6. The molecule has 0 saturated heterocycles. The SMILES string of the molecule is CC(C)(C)c1ccc(-c2cc3c4c(c2)n(-c2cccc(Oc5ccc6c7ccccc7n(-c7cc(C(C)(C)C)ccn7)c6c5)c2)[c-][n+]4-c2c(cc(C(C)(C)C)cc2-n2c4ccccc4c4ccccc42)-c2cc4c(cc2-c2ccccc2-3)C(C)(C)CCC4(C)C)cc1. The summed E-state index contributed by atoms with van der Waals surface area (Å²) in [7, 11) is 0. The van der Waals surface area contributed by atoms with Crippen molar-refractivity contribution in [3.8, 4) is 78.9 Å². The van der Waals surface area contributed by atoms with Crippen molar-refractivity contribution >= 4 is 54.6 Å². The van der Waals surface area contributed by atoms with Gasteiger partial charge in [0.25, 0.3) is 6.33 Å². The monoisotopic (exact) mass is 1200 g/mol. The van der Waals surface area contributed by atoms with E-state index in [0.29, 0.717) is 5.75 Å². The van der Waals surface area contributed by atoms with Crippen LogP contribution in [0.3, 0.4) is 0 Å². The normalized spacial score (nSPS) is 14.4. The van der Waals surface area contributed by atoms with Crippen LogP contribution in [0.1, 0.15) is 131 Å². The maximum absolute atomic E-state index is 7.13. The first kappa shape index (κ1) is 57.4. The number of hydrogen-bond acceptors (Lipinski definition) is 2. The van der Waals surface area contributed by atoms with Crippen molar-refractivity contribution in [3.63, 3.8) is 0 Å². The molecule has 2 aliphatic rings. The average Bonchev–Trinajstić information content (AvgIpc) is 1.49. The Morgan fingerprint density at radius 2 is 0.967 bits per heavy atom. The van der Waals surface area contributed by atoms with E-state index in [1.807, 2.05) is 6.20 Å². The Morgan fingerprint density at radius 1 is 0.413 bits per heavy atom. The van der Waals surface area contributed by atoms with Gasteiger partial charge in [-0.05, 0) is 191 Å². The van der Waals surface area contributed by atoms with Gasteiger partial charge in [0.15, 0.2) is 0 Å². The van der Waals surface area contributed by atoms with Gasteiger partial charge >= 0.3 is 0 Å². The minimum absolute atomic E-state index is 0.00571. The Hall–Kier alpha value is -9.78. The van der Waals surface area contributed by atoms with Gasteiger partial charge in [-0.15, -0.1) is 0 Å². The summed E-state index contributed by atoms with van der Waals surface area (Å²) >= 11 is 0. The molecule has 16 rings (SSSR count). The number of para-hydroxylation sites is 3. The molecule has 0 N–H and O–H groups in total.